The van der Waals surface area contributed by atoms with Crippen LogP contribution in [0.15, 0.2) is 0 Å². The molecular formula is C9H19NO4S. The maximum absolute atomic E-state index is 11.7. The second-order valence-electron chi connectivity index (χ2n) is 3.93. The van der Waals surface area contributed by atoms with Crippen LogP contribution in [0.5, 0.6) is 0 Å². The highest BCUT2D eigenvalue weighted by atomic mass is 32.2. The summed E-state index contributed by atoms with van der Waals surface area (Å²) in [4.78, 5) is 0. The van der Waals surface area contributed by atoms with Crippen LogP contribution in [0.25, 0.3) is 0 Å². The first-order chi connectivity index (χ1) is 7.03. The number of nitrogens with two attached hydrogens (primary N) is 1. The molecule has 5 nitrogen and oxygen atoms in total. The fourth-order valence-corrected chi connectivity index (χ4v) is 3.43. The Morgan fingerprint density at radius 2 is 2.33 bits per heavy atom. The molecule has 1 fully saturated rings. The fourth-order valence-electron chi connectivity index (χ4n) is 1.72. The summed E-state index contributed by atoms with van der Waals surface area (Å²) < 4.78 is 33.4. The molecule has 0 spiro atoms. The van der Waals surface area contributed by atoms with Gasteiger partial charge < -0.3 is 15.2 Å². The van der Waals surface area contributed by atoms with Crippen molar-refractivity contribution < 1.29 is 17.9 Å². The second kappa shape index (κ2) is 5.79. The van der Waals surface area contributed by atoms with Crippen LogP contribution in [0.2, 0.25) is 0 Å². The summed E-state index contributed by atoms with van der Waals surface area (Å²) in [5, 5.41) is 0. The van der Waals surface area contributed by atoms with Crippen molar-refractivity contribution in [1.29, 1.82) is 0 Å². The molecule has 15 heavy (non-hydrogen) atoms. The van der Waals surface area contributed by atoms with Gasteiger partial charge in [-0.1, -0.05) is 0 Å². The first-order valence-electron chi connectivity index (χ1n) is 5.10. The molecule has 0 aromatic heterocycles. The van der Waals surface area contributed by atoms with Crippen molar-refractivity contribution in [3.63, 3.8) is 0 Å². The minimum absolute atomic E-state index is 0.0271. The van der Waals surface area contributed by atoms with Crippen molar-refractivity contribution in [2.24, 2.45) is 5.73 Å². The quantitative estimate of drug-likeness (QED) is 0.677. The number of hydrogen-bond donors (Lipinski definition) is 1. The van der Waals surface area contributed by atoms with E-state index in [0.29, 0.717) is 6.61 Å². The minimum Gasteiger partial charge on any atom is -0.383 e. The summed E-state index contributed by atoms with van der Waals surface area (Å²) >= 11 is 0. The molecule has 0 aromatic rings. The lowest BCUT2D eigenvalue weighted by molar-refractivity contribution is 0.127. The Kier molecular flexibility index (Phi) is 4.98. The number of methoxy groups -OCH3 is 1. The SMILES string of the molecule is COCC(N)CS(=O)(=O)CC1CCCO1. The van der Waals surface area contributed by atoms with Crippen molar-refractivity contribution in [3.05, 3.63) is 0 Å². The third-order valence-electron chi connectivity index (χ3n) is 2.31. The average molecular weight is 237 g/mol. The van der Waals surface area contributed by atoms with E-state index < -0.39 is 15.9 Å². The van der Waals surface area contributed by atoms with E-state index in [1.54, 1.807) is 0 Å². The molecule has 90 valence electrons. The van der Waals surface area contributed by atoms with Gasteiger partial charge in [-0.2, -0.15) is 0 Å². The molecule has 1 rings (SSSR count). The smallest absolute Gasteiger partial charge is 0.154 e. The molecule has 2 atom stereocenters. The van der Waals surface area contributed by atoms with E-state index in [4.69, 9.17) is 15.2 Å². The predicted octanol–water partition coefficient (Wildman–Crippen LogP) is -0.446. The number of hydrogen-bond acceptors (Lipinski definition) is 5. The molecule has 2 N–H and O–H groups in total. The Hall–Kier alpha value is -0.170. The highest BCUT2D eigenvalue weighted by molar-refractivity contribution is 7.91. The molecule has 1 aliphatic rings. The zero-order valence-electron chi connectivity index (χ0n) is 9.02. The highest BCUT2D eigenvalue weighted by Gasteiger charge is 2.24. The first kappa shape index (κ1) is 12.9. The van der Waals surface area contributed by atoms with Gasteiger partial charge in [-0.3, -0.25) is 0 Å². The summed E-state index contributed by atoms with van der Waals surface area (Å²) in [5.74, 6) is 0.0606. The lowest BCUT2D eigenvalue weighted by atomic mass is 10.3. The van der Waals surface area contributed by atoms with E-state index in [-0.39, 0.29) is 24.2 Å². The normalized spacial score (nSPS) is 24.3. The summed E-state index contributed by atoms with van der Waals surface area (Å²) in [6.07, 6.45) is 1.65. The fraction of sp³-hybridized carbons (Fsp3) is 1.00. The summed E-state index contributed by atoms with van der Waals surface area (Å²) in [7, 11) is -1.61. The van der Waals surface area contributed by atoms with E-state index in [0.717, 1.165) is 12.8 Å². The van der Waals surface area contributed by atoms with Gasteiger partial charge in [0.25, 0.3) is 0 Å². The van der Waals surface area contributed by atoms with E-state index in [2.05, 4.69) is 0 Å². The van der Waals surface area contributed by atoms with Gasteiger partial charge in [0.1, 0.15) is 0 Å². The molecule has 0 bridgehead atoms. The van der Waals surface area contributed by atoms with Gasteiger partial charge >= 0.3 is 0 Å². The number of ether oxygens (including phenoxy) is 2. The maximum atomic E-state index is 11.7. The molecule has 6 heteroatoms. The monoisotopic (exact) mass is 237 g/mol. The predicted molar refractivity (Wildman–Crippen MR) is 57.5 cm³/mol. The van der Waals surface area contributed by atoms with Crippen LogP contribution in [0, 0.1) is 0 Å². The lowest BCUT2D eigenvalue weighted by Crippen LogP contribution is -2.36. The molecule has 1 saturated heterocycles. The molecule has 2 unspecified atom stereocenters. The van der Waals surface area contributed by atoms with Crippen molar-refractivity contribution in [2.75, 3.05) is 31.8 Å². The Morgan fingerprint density at radius 1 is 1.60 bits per heavy atom. The molecule has 0 amide bonds. The molecule has 0 aromatic carbocycles. The van der Waals surface area contributed by atoms with Crippen LogP contribution in [0.1, 0.15) is 12.8 Å². The van der Waals surface area contributed by atoms with Crippen molar-refractivity contribution >= 4 is 9.84 Å². The van der Waals surface area contributed by atoms with Crippen LogP contribution in [0.3, 0.4) is 0 Å². The summed E-state index contributed by atoms with van der Waals surface area (Å²) in [6.45, 7) is 0.940. The van der Waals surface area contributed by atoms with Gasteiger partial charge in [-0.25, -0.2) is 8.42 Å². The molecule has 1 heterocycles. The summed E-state index contributed by atoms with van der Waals surface area (Å²) in [5.41, 5.74) is 5.60. The molecular weight excluding hydrogens is 218 g/mol. The molecule has 1 aliphatic heterocycles. The molecule has 0 radical (unpaired) electrons. The van der Waals surface area contributed by atoms with E-state index in [1.807, 2.05) is 0 Å². The first-order valence-corrected chi connectivity index (χ1v) is 6.92. The lowest BCUT2D eigenvalue weighted by Gasteiger charge is -2.13. The van der Waals surface area contributed by atoms with Crippen LogP contribution >= 0.6 is 0 Å². The van der Waals surface area contributed by atoms with E-state index in [1.165, 1.54) is 7.11 Å². The number of sulfone groups is 1. The molecule has 0 aliphatic carbocycles. The van der Waals surface area contributed by atoms with Crippen molar-refractivity contribution in [2.45, 2.75) is 25.0 Å². The third-order valence-corrected chi connectivity index (χ3v) is 4.13. The standard InChI is InChI=1S/C9H19NO4S/c1-13-5-8(10)6-15(11,12)7-9-3-2-4-14-9/h8-9H,2-7,10H2,1H3. The van der Waals surface area contributed by atoms with Gasteiger partial charge in [0.15, 0.2) is 9.84 Å². The van der Waals surface area contributed by atoms with Crippen molar-refractivity contribution in [1.82, 2.24) is 0 Å². The third kappa shape index (κ3) is 4.92. The highest BCUT2D eigenvalue weighted by Crippen LogP contribution is 2.14. The van der Waals surface area contributed by atoms with E-state index in [9.17, 15) is 8.42 Å². The summed E-state index contributed by atoms with van der Waals surface area (Å²) in [6, 6.07) is -0.443. The van der Waals surface area contributed by atoms with Crippen LogP contribution in [-0.2, 0) is 19.3 Å². The Bertz CT molecular complexity index is 272. The average Bonchev–Trinajstić information content (AvgIpc) is 2.54. The minimum atomic E-state index is -3.12. The maximum Gasteiger partial charge on any atom is 0.154 e. The van der Waals surface area contributed by atoms with Crippen LogP contribution in [0.4, 0.5) is 0 Å². The van der Waals surface area contributed by atoms with Gasteiger partial charge in [0.2, 0.25) is 0 Å². The van der Waals surface area contributed by atoms with Gasteiger partial charge in [-0.05, 0) is 12.8 Å². The molecule has 0 saturated carbocycles. The Labute approximate surface area is 90.8 Å². The largest absolute Gasteiger partial charge is 0.383 e. The van der Waals surface area contributed by atoms with Gasteiger partial charge in [-0.15, -0.1) is 0 Å². The van der Waals surface area contributed by atoms with Crippen LogP contribution in [-0.4, -0.2) is 52.4 Å². The Morgan fingerprint density at radius 3 is 2.87 bits per heavy atom. The topological polar surface area (TPSA) is 78.6 Å². The number of rotatable bonds is 6. The van der Waals surface area contributed by atoms with Crippen molar-refractivity contribution in [3.8, 4) is 0 Å². The van der Waals surface area contributed by atoms with Gasteiger partial charge in [0.05, 0.1) is 24.2 Å². The van der Waals surface area contributed by atoms with Gasteiger partial charge in [0, 0.05) is 19.8 Å². The zero-order chi connectivity index (χ0) is 11.3. The van der Waals surface area contributed by atoms with E-state index >= 15 is 0 Å². The second-order valence-corrected chi connectivity index (χ2v) is 6.08. The Balaban J connectivity index is 2.37. The van der Waals surface area contributed by atoms with Crippen LogP contribution < -0.4 is 5.73 Å². The zero-order valence-corrected chi connectivity index (χ0v) is 9.83.